The Morgan fingerprint density at radius 2 is 1.89 bits per heavy atom. The number of aromatic nitrogens is 2. The van der Waals surface area contributed by atoms with Gasteiger partial charge in [0.2, 0.25) is 0 Å². The number of fused-ring (bicyclic) bond motifs is 1. The molecule has 3 aliphatic rings. The third-order valence-electron chi connectivity index (χ3n) is 7.90. The quantitative estimate of drug-likeness (QED) is 0.377. The number of carbonyl (C=O) groups is 2. The molecule has 2 saturated carbocycles. The lowest BCUT2D eigenvalue weighted by atomic mass is 10.0. The van der Waals surface area contributed by atoms with Gasteiger partial charge in [-0.05, 0) is 56.7 Å². The lowest BCUT2D eigenvalue weighted by Gasteiger charge is -2.32. The number of rotatable bonds is 12. The maximum Gasteiger partial charge on any atom is 0.272 e. The van der Waals surface area contributed by atoms with Gasteiger partial charge in [0, 0.05) is 30.2 Å². The minimum absolute atomic E-state index is 0.127. The second-order valence-electron chi connectivity index (χ2n) is 10.7. The van der Waals surface area contributed by atoms with Gasteiger partial charge in [0.05, 0.1) is 35.9 Å². The van der Waals surface area contributed by atoms with Gasteiger partial charge >= 0.3 is 0 Å². The van der Waals surface area contributed by atoms with Crippen LogP contribution in [-0.4, -0.2) is 82.4 Å². The van der Waals surface area contributed by atoms with Crippen molar-refractivity contribution in [3.8, 4) is 0 Å². The Bertz CT molecular complexity index is 1330. The molecular formula is C26H33ClN4O6S. The van der Waals surface area contributed by atoms with Crippen molar-refractivity contribution in [1.29, 1.82) is 0 Å². The molecule has 10 nitrogen and oxygen atoms in total. The Balaban J connectivity index is 1.36. The molecule has 2 aliphatic carbocycles. The SMILES string of the molecule is CC1(S(=O)(=O)C2(CN3CCc4c(C(=O)NCc5ccc(Cl)cc5)nn(CCOCCO)c4C3=O)CC2)CC1. The van der Waals surface area contributed by atoms with Crippen molar-refractivity contribution in [2.75, 3.05) is 32.9 Å². The number of nitrogens with one attached hydrogen (secondary N) is 1. The van der Waals surface area contributed by atoms with E-state index < -0.39 is 25.2 Å². The van der Waals surface area contributed by atoms with Crippen LogP contribution in [0.5, 0.6) is 0 Å². The van der Waals surface area contributed by atoms with Gasteiger partial charge in [0.1, 0.15) is 5.69 Å². The zero-order valence-electron chi connectivity index (χ0n) is 21.4. The Labute approximate surface area is 227 Å². The molecule has 2 heterocycles. The van der Waals surface area contributed by atoms with Crippen molar-refractivity contribution >= 4 is 33.3 Å². The van der Waals surface area contributed by atoms with Crippen LogP contribution in [0.1, 0.15) is 64.7 Å². The number of ether oxygens (including phenoxy) is 1. The molecule has 1 aliphatic heterocycles. The minimum Gasteiger partial charge on any atom is -0.394 e. The molecule has 2 fully saturated rings. The van der Waals surface area contributed by atoms with Crippen LogP contribution in [0.3, 0.4) is 0 Å². The largest absolute Gasteiger partial charge is 0.394 e. The van der Waals surface area contributed by atoms with Gasteiger partial charge in [-0.3, -0.25) is 14.3 Å². The van der Waals surface area contributed by atoms with Crippen molar-refractivity contribution < 1.29 is 27.9 Å². The summed E-state index contributed by atoms with van der Waals surface area (Å²) >= 11 is 5.94. The van der Waals surface area contributed by atoms with E-state index in [1.54, 1.807) is 24.0 Å². The third kappa shape index (κ3) is 4.97. The van der Waals surface area contributed by atoms with Gasteiger partial charge in [0.15, 0.2) is 15.5 Å². The number of aliphatic hydroxyl groups excluding tert-OH is 1. The molecule has 0 unspecified atom stereocenters. The molecule has 0 spiro atoms. The highest BCUT2D eigenvalue weighted by molar-refractivity contribution is 7.94. The molecule has 38 heavy (non-hydrogen) atoms. The molecule has 0 bridgehead atoms. The van der Waals surface area contributed by atoms with Gasteiger partial charge in [0.25, 0.3) is 11.8 Å². The van der Waals surface area contributed by atoms with Crippen LogP contribution in [0.25, 0.3) is 0 Å². The molecule has 0 saturated heterocycles. The summed E-state index contributed by atoms with van der Waals surface area (Å²) in [6.45, 7) is 3.00. The first kappa shape index (κ1) is 27.1. The van der Waals surface area contributed by atoms with Crippen LogP contribution < -0.4 is 5.32 Å². The van der Waals surface area contributed by atoms with E-state index in [1.807, 2.05) is 12.1 Å². The molecule has 0 atom stereocenters. The van der Waals surface area contributed by atoms with E-state index >= 15 is 0 Å². The van der Waals surface area contributed by atoms with Gasteiger partial charge < -0.3 is 20.1 Å². The molecule has 1 aromatic carbocycles. The first-order chi connectivity index (χ1) is 18.1. The maximum atomic E-state index is 13.7. The van der Waals surface area contributed by atoms with Crippen molar-refractivity contribution in [2.45, 2.75) is 61.6 Å². The Hall–Kier alpha value is -2.47. The number of benzene rings is 1. The molecule has 1 aromatic heterocycles. The monoisotopic (exact) mass is 564 g/mol. The highest BCUT2D eigenvalue weighted by atomic mass is 35.5. The van der Waals surface area contributed by atoms with Gasteiger partial charge in [-0.2, -0.15) is 5.10 Å². The van der Waals surface area contributed by atoms with E-state index in [1.165, 1.54) is 4.68 Å². The Morgan fingerprint density at radius 1 is 1.18 bits per heavy atom. The lowest BCUT2D eigenvalue weighted by Crippen LogP contribution is -2.48. The van der Waals surface area contributed by atoms with Gasteiger partial charge in [-0.15, -0.1) is 0 Å². The van der Waals surface area contributed by atoms with E-state index in [-0.39, 0.29) is 51.1 Å². The van der Waals surface area contributed by atoms with Crippen molar-refractivity contribution in [1.82, 2.24) is 20.0 Å². The lowest BCUT2D eigenvalue weighted by molar-refractivity contribution is 0.0700. The summed E-state index contributed by atoms with van der Waals surface area (Å²) in [5.41, 5.74) is 1.91. The second-order valence-corrected chi connectivity index (χ2v) is 14.0. The Kier molecular flexibility index (Phi) is 7.32. The molecular weight excluding hydrogens is 532 g/mol. The number of aliphatic hydroxyl groups is 1. The normalized spacial score (nSPS) is 19.2. The smallest absolute Gasteiger partial charge is 0.272 e. The predicted molar refractivity (Wildman–Crippen MR) is 141 cm³/mol. The van der Waals surface area contributed by atoms with Crippen LogP contribution >= 0.6 is 11.6 Å². The molecule has 2 amide bonds. The zero-order valence-corrected chi connectivity index (χ0v) is 23.0. The molecule has 0 radical (unpaired) electrons. The summed E-state index contributed by atoms with van der Waals surface area (Å²) in [6, 6.07) is 7.13. The average Bonchev–Trinajstić information content (AvgIpc) is 3.81. The van der Waals surface area contributed by atoms with E-state index in [2.05, 4.69) is 10.4 Å². The van der Waals surface area contributed by atoms with Gasteiger partial charge in [-0.1, -0.05) is 23.7 Å². The van der Waals surface area contributed by atoms with Gasteiger partial charge in [-0.25, -0.2) is 8.42 Å². The van der Waals surface area contributed by atoms with Crippen LogP contribution in [0, 0.1) is 0 Å². The van der Waals surface area contributed by atoms with E-state index in [0.717, 1.165) is 5.56 Å². The number of nitrogens with zero attached hydrogens (tertiary/aromatic N) is 3. The number of amides is 2. The molecule has 2 aromatic rings. The highest BCUT2D eigenvalue weighted by Crippen LogP contribution is 2.56. The third-order valence-corrected chi connectivity index (χ3v) is 11.5. The number of carbonyl (C=O) groups excluding carboxylic acids is 2. The standard InChI is InChI=1S/C26H33ClN4O6S/c1-25(7-8-25)38(35,36)26(9-10-26)17-30-11-6-20-21(23(33)28-16-18-2-4-19(27)5-3-18)29-31(22(20)24(30)34)12-14-37-15-13-32/h2-5,32H,6-17H2,1H3,(H,28,33). The number of hydrogen-bond acceptors (Lipinski definition) is 7. The summed E-state index contributed by atoms with van der Waals surface area (Å²) in [6.07, 6.45) is 2.87. The highest BCUT2D eigenvalue weighted by Gasteiger charge is 2.65. The topological polar surface area (TPSA) is 131 Å². The Morgan fingerprint density at radius 3 is 2.53 bits per heavy atom. The fourth-order valence-corrected chi connectivity index (χ4v) is 7.90. The zero-order chi connectivity index (χ0) is 27.1. The van der Waals surface area contributed by atoms with E-state index in [0.29, 0.717) is 54.9 Å². The summed E-state index contributed by atoms with van der Waals surface area (Å²) in [4.78, 5) is 28.5. The summed E-state index contributed by atoms with van der Waals surface area (Å²) in [5, 5.41) is 17.0. The van der Waals surface area contributed by atoms with E-state index in [4.69, 9.17) is 21.4 Å². The van der Waals surface area contributed by atoms with Crippen LogP contribution in [0.2, 0.25) is 5.02 Å². The number of halogens is 1. The van der Waals surface area contributed by atoms with E-state index in [9.17, 15) is 18.0 Å². The summed E-state index contributed by atoms with van der Waals surface area (Å²) in [5.74, 6) is -0.713. The number of sulfone groups is 1. The van der Waals surface area contributed by atoms with Crippen molar-refractivity contribution in [3.05, 3.63) is 51.8 Å². The second kappa shape index (κ2) is 10.3. The van der Waals surface area contributed by atoms with Crippen molar-refractivity contribution in [3.63, 3.8) is 0 Å². The molecule has 12 heteroatoms. The van der Waals surface area contributed by atoms with Crippen LogP contribution in [-0.2, 0) is 34.1 Å². The number of hydrogen-bond donors (Lipinski definition) is 2. The summed E-state index contributed by atoms with van der Waals surface area (Å²) in [7, 11) is -3.36. The van der Waals surface area contributed by atoms with Crippen LogP contribution in [0.4, 0.5) is 0 Å². The predicted octanol–water partition coefficient (Wildman–Crippen LogP) is 1.97. The first-order valence-electron chi connectivity index (χ1n) is 13.0. The summed E-state index contributed by atoms with van der Waals surface area (Å²) < 4.78 is 32.0. The molecule has 5 rings (SSSR count). The fourth-order valence-electron chi connectivity index (χ4n) is 5.12. The average molecular weight is 565 g/mol. The molecule has 206 valence electrons. The maximum absolute atomic E-state index is 13.7. The first-order valence-corrected chi connectivity index (χ1v) is 14.8. The van der Waals surface area contributed by atoms with Crippen LogP contribution in [0.15, 0.2) is 24.3 Å². The fraction of sp³-hybridized carbons (Fsp3) is 0.577. The molecule has 2 N–H and O–H groups in total. The minimum atomic E-state index is -3.36. The van der Waals surface area contributed by atoms with Crippen molar-refractivity contribution in [2.24, 2.45) is 0 Å².